The summed E-state index contributed by atoms with van der Waals surface area (Å²) in [4.78, 5) is 14.7. The van der Waals surface area contributed by atoms with Gasteiger partial charge in [0.05, 0.1) is 11.0 Å². The van der Waals surface area contributed by atoms with Gasteiger partial charge < -0.3 is 10.3 Å². The zero-order chi connectivity index (χ0) is 15.8. The first-order valence-electron chi connectivity index (χ1n) is 6.54. The van der Waals surface area contributed by atoms with E-state index in [-0.39, 0.29) is 11.1 Å². The number of nitro groups is 1. The number of rotatable bonds is 3. The van der Waals surface area contributed by atoms with Gasteiger partial charge in [-0.3, -0.25) is 10.1 Å². The number of nitrogens with zero attached hydrogens (tertiary/aromatic N) is 3. The predicted molar refractivity (Wildman–Crippen MR) is 77.5 cm³/mol. The van der Waals surface area contributed by atoms with Gasteiger partial charge in [-0.2, -0.15) is 4.98 Å². The molecule has 2 N–H and O–H groups in total. The molecule has 1 heterocycles. The Hall–Kier alpha value is -2.28. The maximum Gasteiger partial charge on any atom is 0.270 e. The Morgan fingerprint density at radius 3 is 2.62 bits per heavy atom. The van der Waals surface area contributed by atoms with Gasteiger partial charge in [-0.05, 0) is 17.9 Å². The fourth-order valence-electron chi connectivity index (χ4n) is 1.81. The molecular formula is C14H18N4O3. The van der Waals surface area contributed by atoms with Crippen molar-refractivity contribution in [1.29, 1.82) is 0 Å². The van der Waals surface area contributed by atoms with Crippen LogP contribution in [0, 0.1) is 22.5 Å². The summed E-state index contributed by atoms with van der Waals surface area (Å²) in [6.07, 6.45) is 0. The van der Waals surface area contributed by atoms with Crippen molar-refractivity contribution in [2.45, 2.75) is 33.7 Å². The van der Waals surface area contributed by atoms with Crippen molar-refractivity contribution in [3.05, 3.63) is 39.8 Å². The van der Waals surface area contributed by atoms with Crippen molar-refractivity contribution < 1.29 is 9.45 Å². The molecule has 21 heavy (non-hydrogen) atoms. The Bertz CT molecular complexity index is 673. The summed E-state index contributed by atoms with van der Waals surface area (Å²) in [6, 6.07) is 4.14. The number of hydrogen-bond donors (Lipinski definition) is 1. The molecule has 1 unspecified atom stereocenters. The zero-order valence-corrected chi connectivity index (χ0v) is 12.5. The summed E-state index contributed by atoms with van der Waals surface area (Å²) < 4.78 is 5.21. The van der Waals surface area contributed by atoms with Crippen molar-refractivity contribution in [1.82, 2.24) is 10.1 Å². The van der Waals surface area contributed by atoms with Crippen molar-refractivity contribution >= 4 is 5.69 Å². The molecule has 7 nitrogen and oxygen atoms in total. The fourth-order valence-corrected chi connectivity index (χ4v) is 1.81. The lowest BCUT2D eigenvalue weighted by molar-refractivity contribution is -0.384. The van der Waals surface area contributed by atoms with Gasteiger partial charge in [-0.1, -0.05) is 32.0 Å². The van der Waals surface area contributed by atoms with Gasteiger partial charge in [0.2, 0.25) is 11.7 Å². The largest absolute Gasteiger partial charge is 0.337 e. The smallest absolute Gasteiger partial charge is 0.270 e. The van der Waals surface area contributed by atoms with Gasteiger partial charge in [0.25, 0.3) is 5.69 Å². The summed E-state index contributed by atoms with van der Waals surface area (Å²) in [5, 5.41) is 14.8. The van der Waals surface area contributed by atoms with Crippen molar-refractivity contribution in [2.24, 2.45) is 11.1 Å². The minimum Gasteiger partial charge on any atom is -0.337 e. The Kier molecular flexibility index (Phi) is 3.78. The second-order valence-electron chi connectivity index (χ2n) is 6.06. The normalized spacial score (nSPS) is 13.2. The zero-order valence-electron chi connectivity index (χ0n) is 12.5. The monoisotopic (exact) mass is 290 g/mol. The molecule has 0 saturated heterocycles. The quantitative estimate of drug-likeness (QED) is 0.687. The molecule has 0 saturated carbocycles. The molecule has 0 aliphatic rings. The van der Waals surface area contributed by atoms with E-state index in [0.717, 1.165) is 5.56 Å². The molecule has 0 bridgehead atoms. The molecule has 1 aromatic heterocycles. The first kappa shape index (κ1) is 15.1. The van der Waals surface area contributed by atoms with E-state index in [2.05, 4.69) is 10.1 Å². The van der Waals surface area contributed by atoms with E-state index in [1.807, 2.05) is 27.7 Å². The second kappa shape index (κ2) is 5.25. The standard InChI is InChI=1S/C14H18N4O3/c1-8-5-6-9(18(19)20)7-10(8)12-16-13(21-17-12)11(15)14(2,3)4/h5-7,11H,15H2,1-4H3. The Morgan fingerprint density at radius 2 is 2.05 bits per heavy atom. The molecule has 0 amide bonds. The SMILES string of the molecule is Cc1ccc([N+](=O)[O-])cc1-c1noc(C(N)C(C)(C)C)n1. The highest BCUT2D eigenvalue weighted by molar-refractivity contribution is 5.63. The van der Waals surface area contributed by atoms with Crippen LogP contribution in [0.15, 0.2) is 22.7 Å². The average molecular weight is 290 g/mol. The first-order valence-corrected chi connectivity index (χ1v) is 6.54. The average Bonchev–Trinajstić information content (AvgIpc) is 2.86. The minimum absolute atomic E-state index is 0.0120. The van der Waals surface area contributed by atoms with E-state index in [0.29, 0.717) is 17.3 Å². The van der Waals surface area contributed by atoms with Crippen LogP contribution in [0.25, 0.3) is 11.4 Å². The maximum absolute atomic E-state index is 10.9. The topological polar surface area (TPSA) is 108 Å². The van der Waals surface area contributed by atoms with Gasteiger partial charge >= 0.3 is 0 Å². The van der Waals surface area contributed by atoms with Crippen LogP contribution in [-0.4, -0.2) is 15.1 Å². The molecular weight excluding hydrogens is 272 g/mol. The molecule has 2 aromatic rings. The third-order valence-electron chi connectivity index (χ3n) is 3.31. The summed E-state index contributed by atoms with van der Waals surface area (Å²) in [6.45, 7) is 7.75. The number of nitrogens with two attached hydrogens (primary N) is 1. The molecule has 2 rings (SSSR count). The van der Waals surface area contributed by atoms with Gasteiger partial charge in [-0.25, -0.2) is 0 Å². The van der Waals surface area contributed by atoms with Crippen LogP contribution in [0.2, 0.25) is 0 Å². The van der Waals surface area contributed by atoms with E-state index < -0.39 is 11.0 Å². The van der Waals surface area contributed by atoms with E-state index in [1.165, 1.54) is 12.1 Å². The van der Waals surface area contributed by atoms with Gasteiger partial charge in [-0.15, -0.1) is 0 Å². The van der Waals surface area contributed by atoms with Gasteiger partial charge in [0, 0.05) is 17.7 Å². The molecule has 7 heteroatoms. The van der Waals surface area contributed by atoms with Crippen molar-refractivity contribution in [2.75, 3.05) is 0 Å². The number of nitro benzene ring substituents is 1. The molecule has 112 valence electrons. The highest BCUT2D eigenvalue weighted by atomic mass is 16.6. The van der Waals surface area contributed by atoms with E-state index in [1.54, 1.807) is 6.07 Å². The predicted octanol–water partition coefficient (Wildman–Crippen LogP) is 3.00. The lowest BCUT2D eigenvalue weighted by Crippen LogP contribution is -2.26. The Labute approximate surface area is 122 Å². The highest BCUT2D eigenvalue weighted by Crippen LogP contribution is 2.31. The number of aromatic nitrogens is 2. The van der Waals surface area contributed by atoms with Crippen LogP contribution in [0.1, 0.15) is 38.3 Å². The Morgan fingerprint density at radius 1 is 1.38 bits per heavy atom. The van der Waals surface area contributed by atoms with Crippen molar-refractivity contribution in [3.63, 3.8) is 0 Å². The van der Waals surface area contributed by atoms with Crippen LogP contribution in [-0.2, 0) is 0 Å². The van der Waals surface area contributed by atoms with E-state index in [4.69, 9.17) is 10.3 Å². The second-order valence-corrected chi connectivity index (χ2v) is 6.06. The molecule has 0 spiro atoms. The van der Waals surface area contributed by atoms with Gasteiger partial charge in [0.15, 0.2) is 0 Å². The summed E-state index contributed by atoms with van der Waals surface area (Å²) in [7, 11) is 0. The number of benzene rings is 1. The lowest BCUT2D eigenvalue weighted by Gasteiger charge is -2.23. The van der Waals surface area contributed by atoms with Gasteiger partial charge in [0.1, 0.15) is 0 Å². The summed E-state index contributed by atoms with van der Waals surface area (Å²) >= 11 is 0. The first-order chi connectivity index (χ1) is 9.70. The summed E-state index contributed by atoms with van der Waals surface area (Å²) in [5.41, 5.74) is 7.24. The van der Waals surface area contributed by atoms with Crippen LogP contribution >= 0.6 is 0 Å². The number of non-ortho nitro benzene ring substituents is 1. The number of hydrogen-bond acceptors (Lipinski definition) is 6. The maximum atomic E-state index is 10.9. The third-order valence-corrected chi connectivity index (χ3v) is 3.31. The molecule has 1 aromatic carbocycles. The van der Waals surface area contributed by atoms with Crippen molar-refractivity contribution in [3.8, 4) is 11.4 Å². The Balaban J connectivity index is 2.42. The highest BCUT2D eigenvalue weighted by Gasteiger charge is 2.28. The van der Waals surface area contributed by atoms with Crippen LogP contribution in [0.4, 0.5) is 5.69 Å². The van der Waals surface area contributed by atoms with Crippen LogP contribution in [0.3, 0.4) is 0 Å². The van der Waals surface area contributed by atoms with E-state index >= 15 is 0 Å². The molecule has 1 atom stereocenters. The molecule has 0 aliphatic heterocycles. The minimum atomic E-state index is -0.454. The summed E-state index contributed by atoms with van der Waals surface area (Å²) in [5.74, 6) is 0.634. The van der Waals surface area contributed by atoms with Crippen LogP contribution < -0.4 is 5.73 Å². The van der Waals surface area contributed by atoms with Crippen LogP contribution in [0.5, 0.6) is 0 Å². The van der Waals surface area contributed by atoms with E-state index in [9.17, 15) is 10.1 Å². The fraction of sp³-hybridized carbons (Fsp3) is 0.429. The molecule has 0 radical (unpaired) electrons. The third kappa shape index (κ3) is 3.08. The molecule has 0 aliphatic carbocycles. The molecule has 0 fully saturated rings. The lowest BCUT2D eigenvalue weighted by atomic mass is 9.87. The number of aryl methyl sites for hydroxylation is 1.